The van der Waals surface area contributed by atoms with Gasteiger partial charge in [0.15, 0.2) is 16.6 Å². The standard InChI is InChI=1S/C28H33N7O10S2/c1-28(2)19(25(37)35(28)45-47(40,41)42)9-21(36)23(20-14-46-27(29)32-20)33-44-22(26(38)39)13-43-17-4-5-18-16(8-17)6-7-34(3)24(18)31-12-15-10-30-11-15/h4-8,14-15,19,22,30H,9-13H2,1-3H3,(H4,29,32,38,39,40,41,42)/p+1/b33-23-. The van der Waals surface area contributed by atoms with Crippen molar-refractivity contribution in [3.05, 3.63) is 41.5 Å². The number of thiazole rings is 1. The van der Waals surface area contributed by atoms with Crippen LogP contribution >= 0.6 is 11.3 Å². The van der Waals surface area contributed by atoms with Crippen molar-refractivity contribution >= 4 is 66.8 Å². The molecule has 0 aliphatic carbocycles. The van der Waals surface area contributed by atoms with Gasteiger partial charge in [-0.25, -0.2) is 14.3 Å². The molecule has 2 unspecified atom stereocenters. The highest BCUT2D eigenvalue weighted by molar-refractivity contribution is 7.80. The summed E-state index contributed by atoms with van der Waals surface area (Å²) >= 11 is 0.994. The van der Waals surface area contributed by atoms with Crippen molar-refractivity contribution in [3.63, 3.8) is 0 Å². The van der Waals surface area contributed by atoms with Gasteiger partial charge in [0.25, 0.3) is 17.8 Å². The third-order valence-corrected chi connectivity index (χ3v) is 8.95. The Kier molecular flexibility index (Phi) is 9.64. The van der Waals surface area contributed by atoms with Crippen LogP contribution in [0.25, 0.3) is 10.8 Å². The highest BCUT2D eigenvalue weighted by atomic mass is 32.3. The molecule has 6 N–H and O–H groups in total. The summed E-state index contributed by atoms with van der Waals surface area (Å²) in [6.07, 6.45) is -0.229. The maximum Gasteiger partial charge on any atom is 0.418 e. The number of Topliss-reactive ketones (excluding diaryl/α,β-unsaturated/α-hetero) is 1. The van der Waals surface area contributed by atoms with E-state index in [4.69, 9.17) is 19.9 Å². The van der Waals surface area contributed by atoms with Crippen LogP contribution < -0.4 is 25.7 Å². The Bertz CT molecular complexity index is 1840. The van der Waals surface area contributed by atoms with Gasteiger partial charge in [0.05, 0.1) is 36.6 Å². The van der Waals surface area contributed by atoms with Gasteiger partial charge in [-0.15, -0.1) is 15.6 Å². The minimum Gasteiger partial charge on any atom is -0.489 e. The number of hydrogen-bond donors (Lipinski definition) is 5. The normalized spacial score (nSPS) is 18.7. The number of hydrogen-bond acceptors (Lipinski definition) is 14. The second-order valence-corrected chi connectivity index (χ2v) is 13.5. The summed E-state index contributed by atoms with van der Waals surface area (Å²) < 4.78 is 43.3. The number of rotatable bonds is 15. The Labute approximate surface area is 273 Å². The first kappa shape index (κ1) is 33.9. The third kappa shape index (κ3) is 7.60. The number of carboxylic acids is 1. The lowest BCUT2D eigenvalue weighted by atomic mass is 9.74. The molecule has 2 aliphatic rings. The number of amides is 1. The van der Waals surface area contributed by atoms with E-state index < -0.39 is 64.4 Å². The van der Waals surface area contributed by atoms with Crippen LogP contribution in [0.2, 0.25) is 0 Å². The van der Waals surface area contributed by atoms with Crippen LogP contribution in [0.4, 0.5) is 10.9 Å². The van der Waals surface area contributed by atoms with Gasteiger partial charge in [0.1, 0.15) is 18.1 Å². The molecule has 47 heavy (non-hydrogen) atoms. The number of aryl methyl sites for hydroxylation is 1. The second-order valence-electron chi connectivity index (χ2n) is 11.7. The van der Waals surface area contributed by atoms with Crippen molar-refractivity contribution in [2.45, 2.75) is 31.9 Å². The number of aliphatic carboxylic acids is 1. The number of pyridine rings is 1. The fourth-order valence-electron chi connectivity index (χ4n) is 5.12. The fourth-order valence-corrected chi connectivity index (χ4v) is 6.12. The van der Waals surface area contributed by atoms with Crippen LogP contribution in [0.1, 0.15) is 26.0 Å². The Morgan fingerprint density at radius 2 is 2.06 bits per heavy atom. The average Bonchev–Trinajstić information content (AvgIpc) is 3.41. The van der Waals surface area contributed by atoms with Gasteiger partial charge in [-0.05, 0) is 43.5 Å². The highest BCUT2D eigenvalue weighted by Gasteiger charge is 2.57. The maximum absolute atomic E-state index is 13.4. The predicted octanol–water partition coefficient (Wildman–Crippen LogP) is 0.518. The molecule has 4 heterocycles. The Balaban J connectivity index is 1.29. The molecule has 2 atom stereocenters. The molecule has 0 bridgehead atoms. The van der Waals surface area contributed by atoms with E-state index >= 15 is 0 Å². The zero-order chi connectivity index (χ0) is 34.1. The molecule has 0 saturated carbocycles. The van der Waals surface area contributed by atoms with Gasteiger partial charge >= 0.3 is 16.4 Å². The topological polar surface area (TPSA) is 236 Å². The molecule has 0 spiro atoms. The Morgan fingerprint density at radius 1 is 1.32 bits per heavy atom. The van der Waals surface area contributed by atoms with Crippen LogP contribution in [0.3, 0.4) is 0 Å². The monoisotopic (exact) mass is 692 g/mol. The van der Waals surface area contributed by atoms with Crippen molar-refractivity contribution in [2.75, 3.05) is 37.3 Å². The van der Waals surface area contributed by atoms with Crippen LogP contribution in [0.15, 0.2) is 41.0 Å². The number of benzene rings is 1. The first-order valence-corrected chi connectivity index (χ1v) is 16.6. The smallest absolute Gasteiger partial charge is 0.418 e. The quantitative estimate of drug-likeness (QED) is 0.0480. The van der Waals surface area contributed by atoms with E-state index in [1.165, 1.54) is 19.2 Å². The summed E-state index contributed by atoms with van der Waals surface area (Å²) in [6.45, 7) is 5.15. The predicted molar refractivity (Wildman–Crippen MR) is 168 cm³/mol. The number of anilines is 2. The fraction of sp³-hybridized carbons (Fsp3) is 0.429. The first-order chi connectivity index (χ1) is 22.1. The summed E-state index contributed by atoms with van der Waals surface area (Å²) in [5.41, 5.74) is 4.00. The SMILES string of the molecule is C[n+]1ccc2cc(OCC(O/N=C(\C(=O)CC3C(=O)N(OS(=O)(=O)O)C3(C)C)c3csc(N)n3)C(=O)O)ccc2c1NCC1CNC1. The van der Waals surface area contributed by atoms with Gasteiger partial charge < -0.3 is 25.7 Å². The van der Waals surface area contributed by atoms with Crippen molar-refractivity contribution < 1.29 is 50.9 Å². The van der Waals surface area contributed by atoms with Gasteiger partial charge in [-0.3, -0.25) is 19.5 Å². The average molecular weight is 693 g/mol. The number of aromatic nitrogens is 2. The van der Waals surface area contributed by atoms with E-state index in [1.807, 2.05) is 29.9 Å². The summed E-state index contributed by atoms with van der Waals surface area (Å²) in [6, 6.07) is 7.26. The number of nitrogens with two attached hydrogens (primary N) is 1. The number of carboxylic acid groups (broad SMARTS) is 1. The Morgan fingerprint density at radius 3 is 2.66 bits per heavy atom. The molecular formula is C28H34N7O10S2+. The van der Waals surface area contributed by atoms with E-state index in [2.05, 4.69) is 25.1 Å². The molecular weight excluding hydrogens is 658 g/mol. The van der Waals surface area contributed by atoms with Gasteiger partial charge in [-0.2, -0.15) is 13.5 Å². The molecule has 2 saturated heterocycles. The van der Waals surface area contributed by atoms with Crippen LogP contribution in [-0.2, 0) is 41.0 Å². The van der Waals surface area contributed by atoms with E-state index in [9.17, 15) is 27.9 Å². The largest absolute Gasteiger partial charge is 0.489 e. The molecule has 0 radical (unpaired) electrons. The van der Waals surface area contributed by atoms with Crippen LogP contribution in [0, 0.1) is 11.8 Å². The lowest BCUT2D eigenvalue weighted by Crippen LogP contribution is -2.68. The number of nitrogen functional groups attached to an aromatic ring is 1. The number of ketones is 1. The number of ether oxygens (including phenoxy) is 1. The molecule has 1 amide bonds. The summed E-state index contributed by atoms with van der Waals surface area (Å²) in [4.78, 5) is 47.3. The van der Waals surface area contributed by atoms with Crippen molar-refractivity contribution in [1.82, 2.24) is 15.4 Å². The molecule has 2 aliphatic heterocycles. The molecule has 17 nitrogen and oxygen atoms in total. The van der Waals surface area contributed by atoms with E-state index in [1.54, 1.807) is 12.1 Å². The number of hydroxylamine groups is 2. The van der Waals surface area contributed by atoms with Crippen molar-refractivity contribution in [3.8, 4) is 5.75 Å². The molecule has 2 fully saturated rings. The van der Waals surface area contributed by atoms with E-state index in [0.29, 0.717) is 16.7 Å². The lowest BCUT2D eigenvalue weighted by molar-refractivity contribution is -0.656. The number of carbonyl (C=O) groups excluding carboxylic acids is 2. The summed E-state index contributed by atoms with van der Waals surface area (Å²) in [7, 11) is -3.05. The molecule has 3 aromatic rings. The van der Waals surface area contributed by atoms with E-state index in [-0.39, 0.29) is 10.8 Å². The number of carbonyl (C=O) groups is 3. The molecule has 5 rings (SSSR count). The molecule has 252 valence electrons. The number of nitrogens with one attached hydrogen (secondary N) is 2. The van der Waals surface area contributed by atoms with Crippen molar-refractivity contribution in [1.29, 1.82) is 0 Å². The molecule has 19 heteroatoms. The Hall–Kier alpha value is -4.43. The zero-order valence-electron chi connectivity index (χ0n) is 25.6. The number of β-lactam (4-membered cyclic amide) rings is 1. The minimum atomic E-state index is -4.99. The van der Waals surface area contributed by atoms with Crippen LogP contribution in [0.5, 0.6) is 5.75 Å². The van der Waals surface area contributed by atoms with Crippen LogP contribution in [-0.4, -0.2) is 89.4 Å². The van der Waals surface area contributed by atoms with Crippen molar-refractivity contribution in [2.24, 2.45) is 24.0 Å². The maximum atomic E-state index is 13.4. The molecule has 2 aromatic heterocycles. The third-order valence-electron chi connectivity index (χ3n) is 7.94. The second kappa shape index (κ2) is 13.4. The summed E-state index contributed by atoms with van der Waals surface area (Å²) in [5, 5.41) is 24.1. The van der Waals surface area contributed by atoms with Gasteiger partial charge in [0.2, 0.25) is 0 Å². The van der Waals surface area contributed by atoms with E-state index in [0.717, 1.165) is 47.6 Å². The number of fused-ring (bicyclic) bond motifs is 1. The highest BCUT2D eigenvalue weighted by Crippen LogP contribution is 2.40. The summed E-state index contributed by atoms with van der Waals surface area (Å²) in [5.74, 6) is -2.26. The number of oxime groups is 1. The number of nitrogens with zero attached hydrogens (tertiary/aromatic N) is 4. The van der Waals surface area contributed by atoms with Gasteiger partial charge in [-0.1, -0.05) is 5.16 Å². The van der Waals surface area contributed by atoms with Gasteiger partial charge in [0, 0.05) is 30.8 Å². The minimum absolute atomic E-state index is 0.0149. The lowest BCUT2D eigenvalue weighted by Gasteiger charge is -2.50. The first-order valence-electron chi connectivity index (χ1n) is 14.4. The zero-order valence-corrected chi connectivity index (χ0v) is 27.2. The molecule has 1 aromatic carbocycles.